The first kappa shape index (κ1) is 13.3. The third-order valence-corrected chi connectivity index (χ3v) is 2.38. The Kier molecular flexibility index (Phi) is 5.84. The van der Waals surface area contributed by atoms with Gasteiger partial charge in [-0.2, -0.15) is 5.26 Å². The topological polar surface area (TPSA) is 45.0 Å². The molecule has 0 heterocycles. The van der Waals surface area contributed by atoms with Crippen LogP contribution in [0.15, 0.2) is 36.9 Å². The number of nitrogens with one attached hydrogen (secondary N) is 1. The first-order valence-corrected chi connectivity index (χ1v) is 5.69. The lowest BCUT2D eigenvalue weighted by Crippen LogP contribution is -2.24. The van der Waals surface area contributed by atoms with Crippen molar-refractivity contribution < 1.29 is 4.74 Å². The molecule has 0 fully saturated rings. The summed E-state index contributed by atoms with van der Waals surface area (Å²) in [5.74, 6) is 0.738. The molecule has 0 aliphatic carbocycles. The van der Waals surface area contributed by atoms with Crippen molar-refractivity contribution in [2.45, 2.75) is 25.9 Å². The molecule has 0 aliphatic heterocycles. The number of rotatable bonds is 7. The first-order valence-electron chi connectivity index (χ1n) is 5.69. The second-order valence-electron chi connectivity index (χ2n) is 3.90. The number of ether oxygens (including phenoxy) is 1. The van der Waals surface area contributed by atoms with E-state index in [1.54, 1.807) is 0 Å². The summed E-state index contributed by atoms with van der Waals surface area (Å²) in [5, 5.41) is 11.8. The van der Waals surface area contributed by atoms with Crippen LogP contribution in [0.25, 0.3) is 0 Å². The highest BCUT2D eigenvalue weighted by Crippen LogP contribution is 2.13. The molecule has 1 aromatic rings. The fraction of sp³-hybridized carbons (Fsp3) is 0.357. The fourth-order valence-electron chi connectivity index (χ4n) is 1.49. The molecule has 0 spiro atoms. The van der Waals surface area contributed by atoms with Gasteiger partial charge >= 0.3 is 0 Å². The number of benzene rings is 1. The molecular formula is C14H18N2O. The van der Waals surface area contributed by atoms with Crippen molar-refractivity contribution in [2.75, 3.05) is 6.61 Å². The molecule has 1 atom stereocenters. The van der Waals surface area contributed by atoms with Gasteiger partial charge in [-0.05, 0) is 31.0 Å². The molecule has 1 N–H and O–H groups in total. The number of nitriles is 1. The molecule has 0 radical (unpaired) electrons. The van der Waals surface area contributed by atoms with Gasteiger partial charge < -0.3 is 10.1 Å². The maximum atomic E-state index is 8.44. The summed E-state index contributed by atoms with van der Waals surface area (Å²) in [4.78, 5) is 0. The molecule has 0 aliphatic rings. The third-order valence-electron chi connectivity index (χ3n) is 2.38. The standard InChI is InChI=1S/C14H18N2O/c1-3-5-12(2)16-11-13-6-4-7-14(10-13)17-9-8-15/h3-4,6-7,10,12,16H,1,5,9,11H2,2H3. The molecule has 0 saturated carbocycles. The molecule has 1 aromatic carbocycles. The average Bonchev–Trinajstić information content (AvgIpc) is 2.35. The van der Waals surface area contributed by atoms with Crippen LogP contribution in [0.2, 0.25) is 0 Å². The van der Waals surface area contributed by atoms with Crippen LogP contribution in [-0.4, -0.2) is 12.6 Å². The van der Waals surface area contributed by atoms with Gasteiger partial charge in [-0.1, -0.05) is 18.2 Å². The van der Waals surface area contributed by atoms with Gasteiger partial charge in [-0.15, -0.1) is 6.58 Å². The van der Waals surface area contributed by atoms with Gasteiger partial charge in [0, 0.05) is 12.6 Å². The van der Waals surface area contributed by atoms with E-state index in [9.17, 15) is 0 Å². The summed E-state index contributed by atoms with van der Waals surface area (Å²) in [6, 6.07) is 10.1. The Bertz CT molecular complexity index is 395. The van der Waals surface area contributed by atoms with E-state index in [0.29, 0.717) is 6.04 Å². The van der Waals surface area contributed by atoms with E-state index < -0.39 is 0 Å². The molecule has 0 saturated heterocycles. The highest BCUT2D eigenvalue weighted by atomic mass is 16.5. The van der Waals surface area contributed by atoms with Crippen LogP contribution in [-0.2, 0) is 6.54 Å². The number of nitrogens with zero attached hydrogens (tertiary/aromatic N) is 1. The fourth-order valence-corrected chi connectivity index (χ4v) is 1.49. The summed E-state index contributed by atoms with van der Waals surface area (Å²) in [6.45, 7) is 6.71. The minimum Gasteiger partial charge on any atom is -0.479 e. The minimum absolute atomic E-state index is 0.0871. The van der Waals surface area contributed by atoms with Crippen LogP contribution in [0, 0.1) is 11.3 Å². The van der Waals surface area contributed by atoms with Crippen LogP contribution in [0.5, 0.6) is 5.75 Å². The molecule has 0 aromatic heterocycles. The monoisotopic (exact) mass is 230 g/mol. The predicted octanol–water partition coefficient (Wildman–Crippen LogP) is 2.64. The van der Waals surface area contributed by atoms with Gasteiger partial charge in [-0.25, -0.2) is 0 Å². The predicted molar refractivity (Wildman–Crippen MR) is 68.7 cm³/mol. The Labute approximate surface area is 103 Å². The van der Waals surface area contributed by atoms with Crippen molar-refractivity contribution in [1.82, 2.24) is 5.32 Å². The lowest BCUT2D eigenvalue weighted by Gasteiger charge is -2.12. The van der Waals surface area contributed by atoms with Crippen molar-refractivity contribution in [3.63, 3.8) is 0 Å². The summed E-state index contributed by atoms with van der Waals surface area (Å²) < 4.78 is 5.25. The second-order valence-corrected chi connectivity index (χ2v) is 3.90. The summed E-state index contributed by atoms with van der Waals surface area (Å²) in [7, 11) is 0. The summed E-state index contributed by atoms with van der Waals surface area (Å²) >= 11 is 0. The quantitative estimate of drug-likeness (QED) is 0.732. The smallest absolute Gasteiger partial charge is 0.174 e. The van der Waals surface area contributed by atoms with E-state index in [0.717, 1.165) is 24.3 Å². The normalized spacial score (nSPS) is 11.5. The van der Waals surface area contributed by atoms with Crippen LogP contribution in [0.4, 0.5) is 0 Å². The van der Waals surface area contributed by atoms with Gasteiger partial charge in [0.1, 0.15) is 11.8 Å². The highest BCUT2D eigenvalue weighted by molar-refractivity contribution is 5.28. The van der Waals surface area contributed by atoms with Crippen LogP contribution < -0.4 is 10.1 Å². The molecule has 1 rings (SSSR count). The SMILES string of the molecule is C=CCC(C)NCc1cccc(OCC#N)c1. The maximum Gasteiger partial charge on any atom is 0.174 e. The van der Waals surface area contributed by atoms with E-state index in [1.807, 2.05) is 36.4 Å². The van der Waals surface area contributed by atoms with Crippen LogP contribution >= 0.6 is 0 Å². The van der Waals surface area contributed by atoms with Gasteiger partial charge in [0.25, 0.3) is 0 Å². The maximum absolute atomic E-state index is 8.44. The largest absolute Gasteiger partial charge is 0.479 e. The third kappa shape index (κ3) is 5.19. The zero-order chi connectivity index (χ0) is 12.5. The van der Waals surface area contributed by atoms with E-state index in [2.05, 4.69) is 18.8 Å². The Morgan fingerprint density at radius 2 is 2.41 bits per heavy atom. The zero-order valence-corrected chi connectivity index (χ0v) is 10.1. The van der Waals surface area contributed by atoms with Gasteiger partial charge in [0.15, 0.2) is 6.61 Å². The molecule has 3 heteroatoms. The van der Waals surface area contributed by atoms with Crippen molar-refractivity contribution in [3.8, 4) is 11.8 Å². The van der Waals surface area contributed by atoms with Gasteiger partial charge in [0.2, 0.25) is 0 Å². The van der Waals surface area contributed by atoms with Crippen molar-refractivity contribution in [3.05, 3.63) is 42.5 Å². The van der Waals surface area contributed by atoms with E-state index >= 15 is 0 Å². The van der Waals surface area contributed by atoms with Crippen molar-refractivity contribution >= 4 is 0 Å². The Hall–Kier alpha value is -1.79. The number of hydrogen-bond acceptors (Lipinski definition) is 3. The highest BCUT2D eigenvalue weighted by Gasteiger charge is 2.00. The molecule has 0 bridgehead atoms. The van der Waals surface area contributed by atoms with Crippen molar-refractivity contribution in [2.24, 2.45) is 0 Å². The van der Waals surface area contributed by atoms with Crippen LogP contribution in [0.3, 0.4) is 0 Å². The van der Waals surface area contributed by atoms with Crippen molar-refractivity contribution in [1.29, 1.82) is 5.26 Å². The lowest BCUT2D eigenvalue weighted by molar-refractivity contribution is 0.367. The van der Waals surface area contributed by atoms with Crippen LogP contribution in [0.1, 0.15) is 18.9 Å². The molecule has 90 valence electrons. The molecular weight excluding hydrogens is 212 g/mol. The van der Waals surface area contributed by atoms with E-state index in [4.69, 9.17) is 10.00 Å². The van der Waals surface area contributed by atoms with E-state index in [-0.39, 0.29) is 6.61 Å². The Balaban J connectivity index is 2.48. The van der Waals surface area contributed by atoms with Gasteiger partial charge in [-0.3, -0.25) is 0 Å². The lowest BCUT2D eigenvalue weighted by atomic mass is 10.2. The summed E-state index contributed by atoms with van der Waals surface area (Å²) in [5.41, 5.74) is 1.15. The summed E-state index contributed by atoms with van der Waals surface area (Å²) in [6.07, 6.45) is 2.86. The average molecular weight is 230 g/mol. The van der Waals surface area contributed by atoms with E-state index in [1.165, 1.54) is 0 Å². The zero-order valence-electron chi connectivity index (χ0n) is 10.1. The molecule has 3 nitrogen and oxygen atoms in total. The second kappa shape index (κ2) is 7.48. The minimum atomic E-state index is 0.0871. The molecule has 0 amide bonds. The Morgan fingerprint density at radius 3 is 3.12 bits per heavy atom. The number of hydrogen-bond donors (Lipinski definition) is 1. The Morgan fingerprint density at radius 1 is 1.59 bits per heavy atom. The van der Waals surface area contributed by atoms with Gasteiger partial charge in [0.05, 0.1) is 0 Å². The molecule has 17 heavy (non-hydrogen) atoms. The molecule has 1 unspecified atom stereocenters. The first-order chi connectivity index (χ1) is 8.26.